The minimum Gasteiger partial charge on any atom is -0.378 e. The fourth-order valence-corrected chi connectivity index (χ4v) is 1.57. The van der Waals surface area contributed by atoms with Gasteiger partial charge in [-0.3, -0.25) is 4.98 Å². The molecule has 2 aromatic rings. The third-order valence-corrected chi connectivity index (χ3v) is 2.26. The van der Waals surface area contributed by atoms with Crippen molar-refractivity contribution >= 4 is 0 Å². The van der Waals surface area contributed by atoms with Gasteiger partial charge in [-0.25, -0.2) is 0 Å². The van der Waals surface area contributed by atoms with Gasteiger partial charge in [0, 0.05) is 18.9 Å². The molecule has 0 amide bonds. The highest BCUT2D eigenvalue weighted by molar-refractivity contribution is 5.65. The largest absolute Gasteiger partial charge is 0.378 e. The van der Waals surface area contributed by atoms with E-state index in [1.165, 1.54) is 5.56 Å². The molecule has 2 nitrogen and oxygen atoms in total. The highest BCUT2D eigenvalue weighted by atomic mass is 16.5. The summed E-state index contributed by atoms with van der Waals surface area (Å²) in [4.78, 5) is 4.32. The van der Waals surface area contributed by atoms with E-state index in [2.05, 4.69) is 23.2 Å². The first-order valence-corrected chi connectivity index (χ1v) is 4.90. The van der Waals surface area contributed by atoms with Gasteiger partial charge in [0.15, 0.2) is 0 Å². The molecule has 0 radical (unpaired) electrons. The van der Waals surface area contributed by atoms with Crippen molar-refractivity contribution in [1.29, 1.82) is 0 Å². The predicted molar refractivity (Wildman–Crippen MR) is 60.4 cm³/mol. The summed E-state index contributed by atoms with van der Waals surface area (Å²) in [5.41, 5.74) is 3.30. The summed E-state index contributed by atoms with van der Waals surface area (Å²) in [6.45, 7) is 0.547. The molecule has 1 aromatic carbocycles. The second kappa shape index (κ2) is 4.71. The summed E-state index contributed by atoms with van der Waals surface area (Å²) < 4.78 is 5.13. The Kier molecular flexibility index (Phi) is 3.10. The third-order valence-electron chi connectivity index (χ3n) is 2.26. The zero-order valence-electron chi connectivity index (χ0n) is 8.68. The molecule has 0 saturated heterocycles. The summed E-state index contributed by atoms with van der Waals surface area (Å²) in [6.07, 6.45) is 1.79. The molecule has 0 bridgehead atoms. The van der Waals surface area contributed by atoms with Crippen molar-refractivity contribution in [2.45, 2.75) is 6.61 Å². The van der Waals surface area contributed by atoms with E-state index in [9.17, 15) is 0 Å². The number of ether oxygens (including phenoxy) is 1. The van der Waals surface area contributed by atoms with Crippen molar-refractivity contribution in [3.8, 4) is 11.1 Å². The lowest BCUT2D eigenvalue weighted by molar-refractivity contribution is 0.182. The molecule has 0 unspecified atom stereocenters. The smallest absolute Gasteiger partial charge is 0.0890 e. The number of hydrogen-bond donors (Lipinski definition) is 0. The van der Waals surface area contributed by atoms with Crippen LogP contribution in [0.4, 0.5) is 0 Å². The molecule has 0 N–H and O–H groups in total. The molecule has 0 saturated carbocycles. The molecule has 0 spiro atoms. The first-order valence-electron chi connectivity index (χ1n) is 4.90. The van der Waals surface area contributed by atoms with Gasteiger partial charge in [-0.1, -0.05) is 36.4 Å². The Morgan fingerprint density at radius 1 is 1.07 bits per heavy atom. The quantitative estimate of drug-likeness (QED) is 0.758. The predicted octanol–water partition coefficient (Wildman–Crippen LogP) is 2.90. The fourth-order valence-electron chi connectivity index (χ4n) is 1.57. The van der Waals surface area contributed by atoms with Crippen LogP contribution in [0.15, 0.2) is 48.7 Å². The average molecular weight is 199 g/mol. The van der Waals surface area contributed by atoms with Crippen LogP contribution in [0.1, 0.15) is 5.69 Å². The van der Waals surface area contributed by atoms with Crippen LogP contribution in [0.2, 0.25) is 0 Å². The minimum atomic E-state index is 0.547. The third kappa shape index (κ3) is 2.22. The Hall–Kier alpha value is -1.67. The molecule has 0 fully saturated rings. The van der Waals surface area contributed by atoms with E-state index in [1.54, 1.807) is 13.3 Å². The number of pyridine rings is 1. The Morgan fingerprint density at radius 2 is 1.87 bits per heavy atom. The molecule has 15 heavy (non-hydrogen) atoms. The minimum absolute atomic E-state index is 0.547. The highest BCUT2D eigenvalue weighted by Gasteiger charge is 2.04. The van der Waals surface area contributed by atoms with Crippen LogP contribution in [-0.4, -0.2) is 12.1 Å². The van der Waals surface area contributed by atoms with Gasteiger partial charge in [-0.05, 0) is 11.6 Å². The maximum absolute atomic E-state index is 5.13. The number of aromatic nitrogens is 1. The topological polar surface area (TPSA) is 22.1 Å². The van der Waals surface area contributed by atoms with Gasteiger partial charge in [0.1, 0.15) is 0 Å². The number of benzene rings is 1. The van der Waals surface area contributed by atoms with E-state index in [1.807, 2.05) is 24.3 Å². The van der Waals surface area contributed by atoms with Gasteiger partial charge in [-0.2, -0.15) is 0 Å². The van der Waals surface area contributed by atoms with E-state index < -0.39 is 0 Å². The standard InChI is InChI=1S/C13H13NO/c1-15-10-13-12(8-5-9-14-13)11-6-3-2-4-7-11/h2-9H,10H2,1H3. The molecule has 0 aliphatic heterocycles. The number of hydrogen-bond acceptors (Lipinski definition) is 2. The molecule has 76 valence electrons. The first kappa shape index (κ1) is 9.87. The van der Waals surface area contributed by atoms with Crippen molar-refractivity contribution in [3.05, 3.63) is 54.4 Å². The van der Waals surface area contributed by atoms with Gasteiger partial charge in [0.2, 0.25) is 0 Å². The Labute approximate surface area is 89.6 Å². The average Bonchev–Trinajstić information content (AvgIpc) is 2.31. The zero-order chi connectivity index (χ0) is 10.5. The Balaban J connectivity index is 2.43. The number of methoxy groups -OCH3 is 1. The van der Waals surface area contributed by atoms with Crippen molar-refractivity contribution in [2.24, 2.45) is 0 Å². The molecule has 1 aromatic heterocycles. The van der Waals surface area contributed by atoms with Crippen LogP contribution in [-0.2, 0) is 11.3 Å². The van der Waals surface area contributed by atoms with E-state index in [0.29, 0.717) is 6.61 Å². The lowest BCUT2D eigenvalue weighted by Crippen LogP contribution is -1.95. The summed E-state index contributed by atoms with van der Waals surface area (Å²) in [5.74, 6) is 0. The summed E-state index contributed by atoms with van der Waals surface area (Å²) in [5, 5.41) is 0. The van der Waals surface area contributed by atoms with Crippen LogP contribution in [0.5, 0.6) is 0 Å². The number of rotatable bonds is 3. The van der Waals surface area contributed by atoms with Crippen LogP contribution in [0.3, 0.4) is 0 Å². The summed E-state index contributed by atoms with van der Waals surface area (Å²) >= 11 is 0. The van der Waals surface area contributed by atoms with Crippen LogP contribution < -0.4 is 0 Å². The maximum Gasteiger partial charge on any atom is 0.0890 e. The van der Waals surface area contributed by atoms with Gasteiger partial charge in [0.05, 0.1) is 12.3 Å². The monoisotopic (exact) mass is 199 g/mol. The first-order chi connectivity index (χ1) is 7.42. The van der Waals surface area contributed by atoms with E-state index >= 15 is 0 Å². The second-order valence-electron chi connectivity index (χ2n) is 3.30. The van der Waals surface area contributed by atoms with Crippen LogP contribution in [0, 0.1) is 0 Å². The lowest BCUT2D eigenvalue weighted by Gasteiger charge is -2.07. The molecule has 0 aliphatic rings. The summed E-state index contributed by atoms with van der Waals surface area (Å²) in [7, 11) is 1.68. The molecular weight excluding hydrogens is 186 g/mol. The van der Waals surface area contributed by atoms with Crippen LogP contribution in [0.25, 0.3) is 11.1 Å². The second-order valence-corrected chi connectivity index (χ2v) is 3.30. The Morgan fingerprint density at radius 3 is 2.60 bits per heavy atom. The molecular formula is C13H13NO. The van der Waals surface area contributed by atoms with Gasteiger partial charge in [0.25, 0.3) is 0 Å². The van der Waals surface area contributed by atoms with Crippen LogP contribution >= 0.6 is 0 Å². The van der Waals surface area contributed by atoms with E-state index in [4.69, 9.17) is 4.74 Å². The van der Waals surface area contributed by atoms with Crippen molar-refractivity contribution in [2.75, 3.05) is 7.11 Å². The van der Waals surface area contributed by atoms with E-state index in [0.717, 1.165) is 11.3 Å². The zero-order valence-corrected chi connectivity index (χ0v) is 8.68. The van der Waals surface area contributed by atoms with Gasteiger partial charge in [-0.15, -0.1) is 0 Å². The Bertz CT molecular complexity index is 426. The highest BCUT2D eigenvalue weighted by Crippen LogP contribution is 2.21. The number of nitrogens with zero attached hydrogens (tertiary/aromatic N) is 1. The normalized spacial score (nSPS) is 10.2. The van der Waals surface area contributed by atoms with Crippen molar-refractivity contribution in [1.82, 2.24) is 4.98 Å². The maximum atomic E-state index is 5.13. The SMILES string of the molecule is COCc1ncccc1-c1ccccc1. The molecule has 1 heterocycles. The van der Waals surface area contributed by atoms with Crippen molar-refractivity contribution in [3.63, 3.8) is 0 Å². The molecule has 2 rings (SSSR count). The van der Waals surface area contributed by atoms with Crippen molar-refractivity contribution < 1.29 is 4.74 Å². The van der Waals surface area contributed by atoms with E-state index in [-0.39, 0.29) is 0 Å². The molecule has 2 heteroatoms. The molecule has 0 aliphatic carbocycles. The van der Waals surface area contributed by atoms with Gasteiger partial charge < -0.3 is 4.74 Å². The fraction of sp³-hybridized carbons (Fsp3) is 0.154. The summed E-state index contributed by atoms with van der Waals surface area (Å²) in [6, 6.07) is 14.2. The lowest BCUT2D eigenvalue weighted by atomic mass is 10.0. The molecule has 0 atom stereocenters. The van der Waals surface area contributed by atoms with Gasteiger partial charge >= 0.3 is 0 Å².